The molecule has 8 aliphatic carbocycles. The Kier molecular flexibility index (Phi) is 21.5. The van der Waals surface area contributed by atoms with Crippen molar-refractivity contribution in [2.45, 2.75) is 236 Å². The average Bonchev–Trinajstić information content (AvgIpc) is 1.60. The normalized spacial score (nSPS) is 28.4. The first-order valence-electron chi connectivity index (χ1n) is 44.5. The van der Waals surface area contributed by atoms with Crippen LogP contribution in [0.3, 0.4) is 0 Å². The van der Waals surface area contributed by atoms with Crippen LogP contribution < -0.4 is 4.90 Å². The molecule has 8 heterocycles. The van der Waals surface area contributed by atoms with Gasteiger partial charge in [-0.05, 0) is 258 Å². The fraction of sp³-hybridized carbons (Fsp3) is 0.408. The molecule has 0 radical (unpaired) electrons. The smallest absolute Gasteiger partial charge is 0.415 e. The number of hydrogen-bond donors (Lipinski definition) is 0. The lowest BCUT2D eigenvalue weighted by Gasteiger charge is -2.53. The number of rotatable bonds is 13. The van der Waals surface area contributed by atoms with Gasteiger partial charge in [0.05, 0.1) is 107 Å². The van der Waals surface area contributed by atoms with Crippen LogP contribution in [0.25, 0.3) is 47.1 Å². The summed E-state index contributed by atoms with van der Waals surface area (Å²) in [5.41, 5.74) is 18.9. The minimum absolute atomic E-state index is 0.121. The summed E-state index contributed by atoms with van der Waals surface area (Å²) >= 11 is 0. The molecule has 6 aromatic carbocycles. The van der Waals surface area contributed by atoms with Crippen LogP contribution >= 0.6 is 0 Å². The van der Waals surface area contributed by atoms with E-state index < -0.39 is 23.0 Å². The molecule has 4 spiro atoms. The van der Waals surface area contributed by atoms with Gasteiger partial charge in [0.2, 0.25) is 0 Å². The van der Waals surface area contributed by atoms with Gasteiger partial charge in [-0.3, -0.25) is 4.90 Å². The molecular formula is C103H110F3N9O8. The second-order valence-corrected chi connectivity index (χ2v) is 36.3. The van der Waals surface area contributed by atoms with E-state index in [0.717, 1.165) is 179 Å². The summed E-state index contributed by atoms with van der Waals surface area (Å²) < 4.78 is 94.6. The summed E-state index contributed by atoms with van der Waals surface area (Å²) in [6, 6.07) is 50.2. The number of nitrogens with zero attached hydrogens (tertiary/aromatic N) is 9. The number of hydrogen-bond acceptors (Lipinski definition) is 12. The van der Waals surface area contributed by atoms with Crippen molar-refractivity contribution in [1.82, 2.24) is 39.1 Å². The van der Waals surface area contributed by atoms with Crippen molar-refractivity contribution in [3.63, 3.8) is 0 Å². The Morgan fingerprint density at radius 1 is 0.398 bits per heavy atom. The predicted octanol–water partition coefficient (Wildman–Crippen LogP) is 22.1. The first kappa shape index (κ1) is 82.1. The van der Waals surface area contributed by atoms with Crippen LogP contribution in [0.5, 0.6) is 0 Å². The van der Waals surface area contributed by atoms with Gasteiger partial charge in [0, 0.05) is 41.2 Å². The number of carbonyl (C=O) groups excluding carboxylic acids is 1. The van der Waals surface area contributed by atoms with Crippen molar-refractivity contribution < 1.29 is 51.1 Å². The largest absolute Gasteiger partial charge is 0.440 e. The summed E-state index contributed by atoms with van der Waals surface area (Å²) in [4.78, 5) is 14.7. The van der Waals surface area contributed by atoms with E-state index in [9.17, 15) is 18.0 Å². The molecule has 0 bridgehead atoms. The third-order valence-electron chi connectivity index (χ3n) is 29.5. The number of fused-ring (bicyclic) bond motifs is 12. The molecule has 4 saturated carbocycles. The molecule has 636 valence electrons. The second-order valence-electron chi connectivity index (χ2n) is 36.3. The van der Waals surface area contributed by atoms with Gasteiger partial charge < -0.3 is 33.2 Å². The molecule has 17 nitrogen and oxygen atoms in total. The fourth-order valence-corrected chi connectivity index (χ4v) is 22.8. The standard InChI is InChI=1S/C30H33FN2O2.C26H24FN3O2.C24H26N2O2.C23H27FN2O2/c1-3-27-28(4-2)35-30(34-27)16-8-11-23-17-26-22(19-29(23,30)18-21-9-6-5-7-10-21)20-32-33(26)25-14-12-24(31)13-15-25;1-25-15-18-16-28-30(22-11-9-20(27)10-12-22)23(18)14-19(25)6-5-13-26(25)17-29(24(31)32-26)21-7-3-2-4-8-21;1-4-21-22(5-2)28-24(27-21)13-9-10-18-14-20-17(15-23(18,24)3)16-25-26(20)19-11-7-6-8-12-19;1-4-20-21(5-2)28-23(27-20)11-10-16-12-19-15(13-22(16,23)3)14-25-26(19)18-8-6-17(24)7-9-18/h5-7,9-10,12-15,17,20,27-28H,3-4,8,11,16,18-19H2,1-2H3;2-4,7-12,14,16H,5-6,13,15,17H2,1H3;4-8,11-12,14,16,21-22H,1-2,9-10,13,15H2,3H3;6-9,12,14,20-21H,4-5,10-11,13H2,1-3H3/t27-,28-,29+;25-,26+;21-,22-,23+;20-,21-,22+/m1011/s1. The molecular weight excluding hydrogens is 1550 g/mol. The first-order chi connectivity index (χ1) is 59.7. The van der Waals surface area contributed by atoms with E-state index >= 15 is 0 Å². The Labute approximate surface area is 718 Å². The summed E-state index contributed by atoms with van der Waals surface area (Å²) in [7, 11) is 0. The van der Waals surface area contributed by atoms with Crippen LogP contribution in [0.1, 0.15) is 195 Å². The van der Waals surface area contributed by atoms with Gasteiger partial charge >= 0.3 is 6.09 Å². The highest BCUT2D eigenvalue weighted by Crippen LogP contribution is 2.64. The van der Waals surface area contributed by atoms with Crippen molar-refractivity contribution in [3.8, 4) is 22.7 Å². The van der Waals surface area contributed by atoms with Crippen molar-refractivity contribution >= 4 is 36.1 Å². The highest BCUT2D eigenvalue weighted by atomic mass is 19.1. The van der Waals surface area contributed by atoms with Gasteiger partial charge in [0.25, 0.3) is 0 Å². The van der Waals surface area contributed by atoms with E-state index in [1.165, 1.54) is 86.6 Å². The quantitative estimate of drug-likeness (QED) is 0.101. The van der Waals surface area contributed by atoms with Crippen LogP contribution in [0.2, 0.25) is 0 Å². The third kappa shape index (κ3) is 13.8. The van der Waals surface area contributed by atoms with Crippen molar-refractivity contribution in [2.75, 3.05) is 11.4 Å². The molecule has 4 aromatic heterocycles. The third-order valence-corrected chi connectivity index (χ3v) is 29.5. The van der Waals surface area contributed by atoms with Gasteiger partial charge in [-0.15, -0.1) is 13.2 Å². The molecule has 0 N–H and O–H groups in total. The molecule has 123 heavy (non-hydrogen) atoms. The van der Waals surface area contributed by atoms with Crippen LogP contribution in [-0.2, 0) is 65.3 Å². The summed E-state index contributed by atoms with van der Waals surface area (Å²) in [5, 5.41) is 18.6. The average molecular weight is 1660 g/mol. The Hall–Kier alpha value is -10.6. The Balaban J connectivity index is 0.000000108. The molecule has 1 amide bonds. The van der Waals surface area contributed by atoms with E-state index in [2.05, 4.69) is 139 Å². The molecule has 22 rings (SSSR count). The number of anilines is 1. The summed E-state index contributed by atoms with van der Waals surface area (Å²) in [6.07, 6.45) is 39.2. The Morgan fingerprint density at radius 2 is 0.748 bits per heavy atom. The number of halogens is 3. The van der Waals surface area contributed by atoms with Crippen molar-refractivity contribution in [1.29, 1.82) is 0 Å². The molecule has 10 aromatic rings. The van der Waals surface area contributed by atoms with Gasteiger partial charge in [-0.2, -0.15) is 20.4 Å². The molecule has 0 unspecified atom stereocenters. The molecule has 20 heteroatoms. The predicted molar refractivity (Wildman–Crippen MR) is 471 cm³/mol. The molecule has 8 fully saturated rings. The SMILES string of the molecule is C=C[C@H]1OC2(CCCC3=Cc4c(cnn4-c4ccccc4)C[C@@]32C)O[C@@H]1C=C.CC[C@H]1OC2(CCC3=Cc4c(cnn4-c4ccc(F)cc4)C[C@@]32C)O[C@@H]1CC.CC[C@H]1OC2(CCCC3=Cc4c(cnn4-c4ccc(F)cc4)C[C@@]32Cc2ccccc2)O[C@@H]1CC.C[C@]12Cc3cnn(-c4ccc(F)cc4)c3C=C1CCC[C@@]21CN(c2ccccc2)C(=O)O1. The van der Waals surface area contributed by atoms with E-state index in [1.807, 2.05) is 104 Å². The maximum absolute atomic E-state index is 13.6. The lowest BCUT2D eigenvalue weighted by molar-refractivity contribution is -0.253. The van der Waals surface area contributed by atoms with Gasteiger partial charge in [0.15, 0.2) is 17.4 Å². The van der Waals surface area contributed by atoms with Gasteiger partial charge in [-0.1, -0.05) is 150 Å². The van der Waals surface area contributed by atoms with Crippen LogP contribution in [-0.4, -0.2) is 111 Å². The number of para-hydroxylation sites is 2. The lowest BCUT2D eigenvalue weighted by atomic mass is 9.57. The van der Waals surface area contributed by atoms with Gasteiger partial charge in [-0.25, -0.2) is 36.7 Å². The topological polar surface area (TPSA) is 156 Å². The second kappa shape index (κ2) is 32.2. The van der Waals surface area contributed by atoms with Crippen LogP contribution in [0.15, 0.2) is 236 Å². The van der Waals surface area contributed by atoms with Crippen LogP contribution in [0, 0.1) is 39.1 Å². The molecule has 11 atom stereocenters. The Bertz CT molecular complexity index is 5720. The monoisotopic (exact) mass is 1660 g/mol. The first-order valence-corrected chi connectivity index (χ1v) is 44.5. The van der Waals surface area contributed by atoms with E-state index in [1.54, 1.807) is 41.3 Å². The summed E-state index contributed by atoms with van der Waals surface area (Å²) in [5.74, 6) is -2.54. The van der Waals surface area contributed by atoms with Gasteiger partial charge in [0.1, 0.15) is 35.3 Å². The highest BCUT2D eigenvalue weighted by molar-refractivity contribution is 5.91. The number of benzene rings is 6. The van der Waals surface area contributed by atoms with E-state index in [-0.39, 0.29) is 81.8 Å². The fourth-order valence-electron chi connectivity index (χ4n) is 22.8. The molecule has 4 saturated heterocycles. The maximum Gasteiger partial charge on any atom is 0.415 e. The zero-order valence-electron chi connectivity index (χ0n) is 71.5. The highest BCUT2D eigenvalue weighted by Gasteiger charge is 2.67. The molecule has 12 aliphatic rings. The zero-order valence-corrected chi connectivity index (χ0v) is 71.5. The van der Waals surface area contributed by atoms with Crippen molar-refractivity contribution in [2.24, 2.45) is 21.7 Å². The lowest BCUT2D eigenvalue weighted by Crippen LogP contribution is -2.56. The number of carbonyl (C=O) groups is 1. The zero-order chi connectivity index (χ0) is 84.8. The van der Waals surface area contributed by atoms with E-state index in [4.69, 9.17) is 43.4 Å². The number of ether oxygens (including phenoxy) is 7. The number of aromatic nitrogens is 8. The number of amides is 1. The maximum atomic E-state index is 13.6. The Morgan fingerprint density at radius 3 is 1.19 bits per heavy atom. The molecule has 4 aliphatic heterocycles. The van der Waals surface area contributed by atoms with Crippen molar-refractivity contribution in [3.05, 3.63) is 304 Å². The van der Waals surface area contributed by atoms with E-state index in [0.29, 0.717) is 6.54 Å². The summed E-state index contributed by atoms with van der Waals surface area (Å²) in [6.45, 7) is 24.0. The van der Waals surface area contributed by atoms with Crippen LogP contribution in [0.4, 0.5) is 23.7 Å². The minimum atomic E-state index is -0.638. The minimum Gasteiger partial charge on any atom is -0.440 e.